The number of aromatic nitrogens is 3. The Balaban J connectivity index is 0.00000289. The van der Waals surface area contributed by atoms with Crippen molar-refractivity contribution in [2.45, 2.75) is 15.6 Å². The number of hydrogen-bond donors (Lipinski definition) is 2. The summed E-state index contributed by atoms with van der Waals surface area (Å²) in [6.07, 6.45) is 1.59. The molecule has 3 N–H and O–H groups in total. The maximum absolute atomic E-state index is 12.7. The molecule has 2 aliphatic heterocycles. The van der Waals surface area contributed by atoms with Crippen molar-refractivity contribution in [2.24, 2.45) is 0 Å². The second kappa shape index (κ2) is 10.9. The molecule has 2 aliphatic rings. The predicted octanol–water partition coefficient (Wildman–Crippen LogP) is -2.64. The van der Waals surface area contributed by atoms with Gasteiger partial charge in [-0.05, 0) is 17.1 Å². The molecule has 0 bridgehead atoms. The molecule has 2 aromatic heterocycles. The molecule has 4 rings (SSSR count). The number of rotatable bonds is 7. The van der Waals surface area contributed by atoms with Crippen LogP contribution in [0.1, 0.15) is 5.69 Å². The minimum absolute atomic E-state index is 0. The van der Waals surface area contributed by atoms with Gasteiger partial charge in [0.15, 0.2) is 5.13 Å². The van der Waals surface area contributed by atoms with Crippen LogP contribution in [0.25, 0.3) is 5.57 Å². The molecule has 32 heavy (non-hydrogen) atoms. The van der Waals surface area contributed by atoms with Gasteiger partial charge in [-0.1, -0.05) is 16.1 Å². The third-order valence-corrected chi connectivity index (χ3v) is 8.56. The van der Waals surface area contributed by atoms with Crippen LogP contribution in [0.15, 0.2) is 32.6 Å². The van der Waals surface area contributed by atoms with Crippen LogP contribution in [0, 0.1) is 0 Å². The normalized spacial score (nSPS) is 20.3. The zero-order chi connectivity index (χ0) is 22.1. The number of nitrogen functional groups attached to an aromatic ring is 1. The number of carboxylic acid groups (broad SMARTS) is 1. The topological polar surface area (TPSA) is 154 Å². The number of halogens is 1. The predicted molar refractivity (Wildman–Crippen MR) is 118 cm³/mol. The number of β-lactam (4-membered cyclic amide) rings is 1. The summed E-state index contributed by atoms with van der Waals surface area (Å²) in [4.78, 5) is 42.4. The third-order valence-electron chi connectivity index (χ3n) is 4.41. The summed E-state index contributed by atoms with van der Waals surface area (Å²) < 4.78 is 4.60. The summed E-state index contributed by atoms with van der Waals surface area (Å²) in [5, 5.41) is 19.4. The average Bonchev–Trinajstić information content (AvgIpc) is 3.42. The first-order valence-electron chi connectivity index (χ1n) is 8.51. The van der Waals surface area contributed by atoms with Gasteiger partial charge in [0, 0.05) is 22.4 Å². The fraction of sp³-hybridized carbons (Fsp3) is 0.250. The summed E-state index contributed by atoms with van der Waals surface area (Å²) in [6, 6.07) is -0.894. The van der Waals surface area contributed by atoms with Crippen LogP contribution in [-0.2, 0) is 14.4 Å². The maximum Gasteiger partial charge on any atom is 1.00 e. The van der Waals surface area contributed by atoms with Gasteiger partial charge >= 0.3 is 29.6 Å². The largest absolute Gasteiger partial charge is 1.00 e. The van der Waals surface area contributed by atoms with E-state index in [0.29, 0.717) is 22.8 Å². The molecule has 4 heterocycles. The Morgan fingerprint density at radius 1 is 1.47 bits per heavy atom. The van der Waals surface area contributed by atoms with Crippen LogP contribution in [0.4, 0.5) is 5.13 Å². The fourth-order valence-corrected chi connectivity index (χ4v) is 6.70. The van der Waals surface area contributed by atoms with Crippen LogP contribution in [0.3, 0.4) is 0 Å². The number of aliphatic carboxylic acids is 1. The number of fused-ring (bicyclic) bond motifs is 1. The Morgan fingerprint density at radius 3 is 2.84 bits per heavy atom. The first-order valence-corrected chi connectivity index (χ1v) is 12.6. The van der Waals surface area contributed by atoms with Crippen molar-refractivity contribution in [1.82, 2.24) is 24.8 Å². The van der Waals surface area contributed by atoms with E-state index in [9.17, 15) is 19.5 Å². The maximum atomic E-state index is 12.7. The molecule has 2 aromatic rings. The van der Waals surface area contributed by atoms with E-state index < -0.39 is 29.2 Å². The number of anilines is 1. The molecular formula is C16H12ClN6NaO4S4. The van der Waals surface area contributed by atoms with Gasteiger partial charge in [-0.2, -0.15) is 0 Å². The Morgan fingerprint density at radius 2 is 2.25 bits per heavy atom. The average molecular weight is 539 g/mol. The smallest absolute Gasteiger partial charge is 0.543 e. The SMILES string of the molecule is Nc1nc(/C(=C\Cl)C(=O)NC2C(=O)N3C(C(=O)[O-])=C(CSc4cnns4)CS[C@H]23)cs1.[Na+]. The number of thioether (sulfide) groups is 2. The van der Waals surface area contributed by atoms with E-state index in [4.69, 9.17) is 17.3 Å². The van der Waals surface area contributed by atoms with Crippen molar-refractivity contribution in [3.05, 3.63) is 34.1 Å². The van der Waals surface area contributed by atoms with Gasteiger partial charge in [-0.25, -0.2) is 4.98 Å². The summed E-state index contributed by atoms with van der Waals surface area (Å²) in [6.45, 7) is 0. The van der Waals surface area contributed by atoms with E-state index >= 15 is 0 Å². The molecule has 2 amide bonds. The number of thiazole rings is 1. The van der Waals surface area contributed by atoms with Crippen molar-refractivity contribution in [1.29, 1.82) is 0 Å². The Hall–Kier alpha value is -1.13. The summed E-state index contributed by atoms with van der Waals surface area (Å²) in [5.41, 5.74) is 7.44. The van der Waals surface area contributed by atoms with E-state index in [1.54, 1.807) is 11.6 Å². The van der Waals surface area contributed by atoms with Crippen molar-refractivity contribution in [2.75, 3.05) is 17.2 Å². The molecule has 10 nitrogen and oxygen atoms in total. The molecule has 0 saturated carbocycles. The number of nitrogens with one attached hydrogen (secondary N) is 1. The molecule has 1 unspecified atom stereocenters. The minimum atomic E-state index is -1.43. The van der Waals surface area contributed by atoms with E-state index in [1.165, 1.54) is 40.0 Å². The van der Waals surface area contributed by atoms with Gasteiger partial charge in [0.05, 0.1) is 29.1 Å². The monoisotopic (exact) mass is 538 g/mol. The second-order valence-electron chi connectivity index (χ2n) is 6.22. The molecule has 0 aliphatic carbocycles. The Kier molecular flexibility index (Phi) is 8.65. The minimum Gasteiger partial charge on any atom is -0.543 e. The number of carboxylic acids is 1. The molecule has 1 saturated heterocycles. The van der Waals surface area contributed by atoms with Gasteiger partial charge in [0.25, 0.3) is 11.8 Å². The molecule has 1 fully saturated rings. The van der Waals surface area contributed by atoms with Crippen LogP contribution >= 0.6 is 58.0 Å². The van der Waals surface area contributed by atoms with Crippen molar-refractivity contribution >= 4 is 86.5 Å². The Bertz CT molecular complexity index is 1110. The van der Waals surface area contributed by atoms with E-state index in [-0.39, 0.29) is 46.0 Å². The number of carbonyl (C=O) groups is 3. The molecule has 16 heteroatoms. The van der Waals surface area contributed by atoms with E-state index in [1.807, 2.05) is 0 Å². The first-order chi connectivity index (χ1) is 14.9. The molecule has 2 atom stereocenters. The quantitative estimate of drug-likeness (QED) is 0.165. The van der Waals surface area contributed by atoms with Gasteiger partial charge in [0.2, 0.25) is 0 Å². The molecule has 0 spiro atoms. The zero-order valence-electron chi connectivity index (χ0n) is 16.3. The number of nitrogens with zero attached hydrogens (tertiary/aromatic N) is 4. The third kappa shape index (κ3) is 5.01. The van der Waals surface area contributed by atoms with Gasteiger partial charge in [0.1, 0.15) is 15.6 Å². The van der Waals surface area contributed by atoms with Crippen molar-refractivity contribution in [3.8, 4) is 0 Å². The van der Waals surface area contributed by atoms with Crippen LogP contribution < -0.4 is 45.7 Å². The number of hydrogen-bond acceptors (Lipinski definition) is 12. The fourth-order valence-electron chi connectivity index (χ4n) is 3.01. The van der Waals surface area contributed by atoms with E-state index in [0.717, 1.165) is 21.1 Å². The Labute approximate surface area is 225 Å². The van der Waals surface area contributed by atoms with Gasteiger partial charge in [-0.3, -0.25) is 14.5 Å². The van der Waals surface area contributed by atoms with Crippen molar-refractivity contribution in [3.63, 3.8) is 0 Å². The molecular weight excluding hydrogens is 527 g/mol. The molecule has 0 aromatic carbocycles. The standard InChI is InChI=1S/C16H13ClN6O4S4.Na/c17-1-7(8-5-30-16(18)20-8)12(24)21-10-13(25)23-11(15(26)27)6(4-29-14(10)23)3-28-9-2-19-22-31-9;/h1-2,5,10,14H,3-4H2,(H2,18,20)(H,21,24)(H,26,27);/q;+1/p-1/b7-1+;/t10?,14-;/m1./s1. The number of nitrogens with two attached hydrogens (primary N) is 1. The van der Waals surface area contributed by atoms with Crippen molar-refractivity contribution < 1.29 is 49.0 Å². The van der Waals surface area contributed by atoms with Gasteiger partial charge in [-0.15, -0.1) is 40.0 Å². The van der Waals surface area contributed by atoms with Crippen LogP contribution in [0.5, 0.6) is 0 Å². The molecule has 0 radical (unpaired) electrons. The number of carbonyl (C=O) groups excluding carboxylic acids is 3. The second-order valence-corrected chi connectivity index (χ2v) is 10.5. The molecule has 162 valence electrons. The van der Waals surface area contributed by atoms with Crippen LogP contribution in [-0.4, -0.2) is 60.2 Å². The van der Waals surface area contributed by atoms with Crippen LogP contribution in [0.2, 0.25) is 0 Å². The summed E-state index contributed by atoms with van der Waals surface area (Å²) in [5.74, 6) is -1.82. The first kappa shape index (κ1) is 25.5. The zero-order valence-corrected chi connectivity index (χ0v) is 22.3. The van der Waals surface area contributed by atoms with E-state index in [2.05, 4.69) is 19.9 Å². The summed E-state index contributed by atoms with van der Waals surface area (Å²) in [7, 11) is 0. The summed E-state index contributed by atoms with van der Waals surface area (Å²) >= 11 is 10.9. The van der Waals surface area contributed by atoms with Gasteiger partial charge < -0.3 is 21.0 Å². The number of amides is 2.